The summed E-state index contributed by atoms with van der Waals surface area (Å²) in [7, 11) is 0. The molecule has 5 rings (SSSR count). The second-order valence-corrected chi connectivity index (χ2v) is 7.53. The van der Waals surface area contributed by atoms with Crippen LogP contribution in [0.4, 0.5) is 11.6 Å². The van der Waals surface area contributed by atoms with E-state index in [-0.39, 0.29) is 24.1 Å². The van der Waals surface area contributed by atoms with Gasteiger partial charge in [0.1, 0.15) is 11.5 Å². The quantitative estimate of drug-likeness (QED) is 0.287. The highest BCUT2D eigenvalue weighted by atomic mass is 16.3. The number of aromatic nitrogens is 3. The highest BCUT2D eigenvalue weighted by molar-refractivity contribution is 6.07. The van der Waals surface area contributed by atoms with E-state index < -0.39 is 5.91 Å². The van der Waals surface area contributed by atoms with Gasteiger partial charge < -0.3 is 20.5 Å². The van der Waals surface area contributed by atoms with E-state index in [4.69, 9.17) is 10.2 Å². The second kappa shape index (κ2) is 8.91. The van der Waals surface area contributed by atoms with Crippen LogP contribution in [0.5, 0.6) is 0 Å². The minimum Gasteiger partial charge on any atom is -0.467 e. The summed E-state index contributed by atoms with van der Waals surface area (Å²) in [5.41, 5.74) is 9.58. The molecule has 0 saturated carbocycles. The molecule has 9 heteroatoms. The summed E-state index contributed by atoms with van der Waals surface area (Å²) in [4.78, 5) is 37.4. The van der Waals surface area contributed by atoms with E-state index in [0.717, 1.165) is 5.56 Å². The number of aromatic amines is 1. The van der Waals surface area contributed by atoms with E-state index in [1.807, 2.05) is 12.1 Å². The molecule has 0 aliphatic rings. The normalized spacial score (nSPS) is 10.8. The van der Waals surface area contributed by atoms with Crippen molar-refractivity contribution in [3.05, 3.63) is 96.1 Å². The van der Waals surface area contributed by atoms with Gasteiger partial charge >= 0.3 is 0 Å². The maximum absolute atomic E-state index is 12.8. The molecule has 0 aliphatic carbocycles. The molecular weight excluding hydrogens is 432 g/mol. The summed E-state index contributed by atoms with van der Waals surface area (Å²) in [5, 5.41) is 5.53. The van der Waals surface area contributed by atoms with Gasteiger partial charge in [0.15, 0.2) is 0 Å². The topological polar surface area (TPSA) is 139 Å². The number of hydrogen-bond acceptors (Lipinski definition) is 6. The number of nitrogen functional groups attached to an aromatic ring is 1. The Morgan fingerprint density at radius 1 is 0.941 bits per heavy atom. The van der Waals surface area contributed by atoms with Gasteiger partial charge in [0, 0.05) is 11.3 Å². The minimum atomic E-state index is -0.436. The zero-order valence-corrected chi connectivity index (χ0v) is 17.9. The summed E-state index contributed by atoms with van der Waals surface area (Å²) in [6, 6.07) is 21.1. The number of pyridine rings is 1. The number of H-pyrrole nitrogens is 1. The van der Waals surface area contributed by atoms with Gasteiger partial charge in [0.2, 0.25) is 5.95 Å². The number of nitrogens with zero attached hydrogens (tertiary/aromatic N) is 2. The number of benzene rings is 2. The molecule has 0 unspecified atom stereocenters. The number of carbonyl (C=O) groups is 2. The van der Waals surface area contributed by atoms with E-state index >= 15 is 0 Å². The fourth-order valence-corrected chi connectivity index (χ4v) is 3.55. The van der Waals surface area contributed by atoms with Crippen LogP contribution >= 0.6 is 0 Å². The molecule has 168 valence electrons. The van der Waals surface area contributed by atoms with E-state index in [2.05, 4.69) is 25.6 Å². The van der Waals surface area contributed by atoms with Crippen molar-refractivity contribution in [2.45, 2.75) is 6.54 Å². The maximum atomic E-state index is 12.8. The first kappa shape index (κ1) is 21.0. The summed E-state index contributed by atoms with van der Waals surface area (Å²) >= 11 is 0. The fraction of sp³-hybridized carbons (Fsp3) is 0.0400. The molecule has 3 aromatic heterocycles. The Morgan fingerprint density at radius 3 is 2.62 bits per heavy atom. The number of fused-ring (bicyclic) bond motifs is 1. The Labute approximate surface area is 194 Å². The van der Waals surface area contributed by atoms with Gasteiger partial charge in [-0.05, 0) is 48.5 Å². The van der Waals surface area contributed by atoms with Gasteiger partial charge in [-0.2, -0.15) is 0 Å². The van der Waals surface area contributed by atoms with Crippen molar-refractivity contribution >= 4 is 34.5 Å². The lowest BCUT2D eigenvalue weighted by molar-refractivity contribution is 0.0948. The van der Waals surface area contributed by atoms with Crippen molar-refractivity contribution in [1.29, 1.82) is 0 Å². The average Bonchev–Trinajstić information content (AvgIpc) is 3.52. The number of imidazole rings is 1. The molecular formula is C25H20N6O3. The third-order valence-corrected chi connectivity index (χ3v) is 5.16. The Kier molecular flexibility index (Phi) is 5.49. The van der Waals surface area contributed by atoms with Crippen LogP contribution in [0, 0.1) is 0 Å². The molecule has 0 atom stereocenters. The smallest absolute Gasteiger partial charge is 0.276 e. The van der Waals surface area contributed by atoms with Crippen LogP contribution in [0.1, 0.15) is 26.6 Å². The third kappa shape index (κ3) is 4.35. The number of rotatable bonds is 6. The number of para-hydroxylation sites is 1. The molecule has 5 aromatic rings. The number of nitrogens with one attached hydrogen (secondary N) is 3. The molecule has 5 N–H and O–H groups in total. The number of nitrogens with two attached hydrogens (primary N) is 1. The molecule has 0 bridgehead atoms. The average molecular weight is 452 g/mol. The van der Waals surface area contributed by atoms with E-state index in [1.165, 1.54) is 0 Å². The van der Waals surface area contributed by atoms with Crippen molar-refractivity contribution in [3.8, 4) is 11.3 Å². The number of furan rings is 1. The van der Waals surface area contributed by atoms with Gasteiger partial charge in [0.05, 0.1) is 35.1 Å². The van der Waals surface area contributed by atoms with Crippen LogP contribution in [0.25, 0.3) is 22.3 Å². The lowest BCUT2D eigenvalue weighted by Crippen LogP contribution is -2.22. The lowest BCUT2D eigenvalue weighted by Gasteiger charge is -2.06. The van der Waals surface area contributed by atoms with Gasteiger partial charge in [-0.15, -0.1) is 0 Å². The predicted octanol–water partition coefficient (Wildman–Crippen LogP) is 3.98. The summed E-state index contributed by atoms with van der Waals surface area (Å²) in [6.07, 6.45) is 1.55. The van der Waals surface area contributed by atoms with Gasteiger partial charge in [-0.3, -0.25) is 14.9 Å². The lowest BCUT2D eigenvalue weighted by atomic mass is 10.1. The molecule has 2 amide bonds. The molecule has 0 radical (unpaired) electrons. The maximum Gasteiger partial charge on any atom is 0.276 e. The first-order chi connectivity index (χ1) is 16.6. The van der Waals surface area contributed by atoms with E-state index in [9.17, 15) is 9.59 Å². The number of anilines is 2. The summed E-state index contributed by atoms with van der Waals surface area (Å²) < 4.78 is 5.25. The molecule has 3 heterocycles. The van der Waals surface area contributed by atoms with Crippen molar-refractivity contribution in [2.24, 2.45) is 0 Å². The fourth-order valence-electron chi connectivity index (χ4n) is 3.55. The molecule has 0 aliphatic heterocycles. The molecule has 0 saturated heterocycles. The third-order valence-electron chi connectivity index (χ3n) is 5.16. The largest absolute Gasteiger partial charge is 0.467 e. The molecule has 34 heavy (non-hydrogen) atoms. The number of carbonyl (C=O) groups excluding carboxylic acids is 2. The zero-order chi connectivity index (χ0) is 23.5. The standard InChI is InChI=1S/C25H20N6O3/c26-16-6-1-5-15(13-16)19-9-3-11-21(28-19)24(33)31-25-29-20-10-2-8-18(22(20)30-25)23(32)27-14-17-7-4-12-34-17/h1-13H,14,26H2,(H,27,32)(H2,29,30,31,33). The zero-order valence-electron chi connectivity index (χ0n) is 17.9. The van der Waals surface area contributed by atoms with E-state index in [0.29, 0.717) is 33.7 Å². The van der Waals surface area contributed by atoms with Crippen LogP contribution in [0.2, 0.25) is 0 Å². The van der Waals surface area contributed by atoms with Crippen molar-refractivity contribution < 1.29 is 14.0 Å². The van der Waals surface area contributed by atoms with Crippen LogP contribution < -0.4 is 16.4 Å². The summed E-state index contributed by atoms with van der Waals surface area (Å²) in [6.45, 7) is 0.259. The van der Waals surface area contributed by atoms with Gasteiger partial charge in [-0.1, -0.05) is 24.3 Å². The molecule has 0 spiro atoms. The second-order valence-electron chi connectivity index (χ2n) is 7.53. The molecule has 2 aromatic carbocycles. The van der Waals surface area contributed by atoms with Crippen molar-refractivity contribution in [3.63, 3.8) is 0 Å². The van der Waals surface area contributed by atoms with Crippen LogP contribution in [-0.2, 0) is 6.54 Å². The van der Waals surface area contributed by atoms with Crippen LogP contribution in [0.15, 0.2) is 83.5 Å². The van der Waals surface area contributed by atoms with E-state index in [1.54, 1.807) is 66.9 Å². The van der Waals surface area contributed by atoms with Gasteiger partial charge in [-0.25, -0.2) is 9.97 Å². The van der Waals surface area contributed by atoms with Crippen molar-refractivity contribution in [2.75, 3.05) is 11.1 Å². The molecule has 9 nitrogen and oxygen atoms in total. The Bertz CT molecular complexity index is 1490. The Hall–Kier alpha value is -4.92. The SMILES string of the molecule is Nc1cccc(-c2cccc(C(=O)Nc3nc4cccc(C(=O)NCc5ccco5)c4[nH]3)n2)c1. The minimum absolute atomic E-state index is 0.211. The predicted molar refractivity (Wildman–Crippen MR) is 128 cm³/mol. The first-order valence-corrected chi connectivity index (χ1v) is 10.5. The van der Waals surface area contributed by atoms with Crippen LogP contribution in [0.3, 0.4) is 0 Å². The Morgan fingerprint density at radius 2 is 1.79 bits per heavy atom. The number of amides is 2. The van der Waals surface area contributed by atoms with Gasteiger partial charge in [0.25, 0.3) is 11.8 Å². The Balaban J connectivity index is 1.35. The number of hydrogen-bond donors (Lipinski definition) is 4. The van der Waals surface area contributed by atoms with Crippen LogP contribution in [-0.4, -0.2) is 26.8 Å². The first-order valence-electron chi connectivity index (χ1n) is 10.5. The highest BCUT2D eigenvalue weighted by Crippen LogP contribution is 2.21. The molecule has 0 fully saturated rings. The highest BCUT2D eigenvalue weighted by Gasteiger charge is 2.16. The monoisotopic (exact) mass is 452 g/mol. The summed E-state index contributed by atoms with van der Waals surface area (Å²) in [5.74, 6) is 0.127. The van der Waals surface area contributed by atoms with Crippen molar-refractivity contribution in [1.82, 2.24) is 20.3 Å².